The minimum absolute atomic E-state index is 0.348. The summed E-state index contributed by atoms with van der Waals surface area (Å²) < 4.78 is 15.4. The maximum absolute atomic E-state index is 10.8. The molecule has 0 aromatic heterocycles. The monoisotopic (exact) mass is 278 g/mol. The van der Waals surface area contributed by atoms with E-state index in [1.54, 1.807) is 12.1 Å². The Morgan fingerprint density at radius 2 is 2.00 bits per heavy atom. The average molecular weight is 278 g/mol. The molecule has 1 aromatic carbocycles. The fourth-order valence-electron chi connectivity index (χ4n) is 1.89. The molecule has 0 saturated heterocycles. The topological polar surface area (TPSA) is 94.6 Å². The first-order valence-corrected chi connectivity index (χ1v) is 6.16. The van der Waals surface area contributed by atoms with E-state index in [1.807, 2.05) is 13.0 Å². The molecule has 108 valence electrons. The van der Waals surface area contributed by atoms with Crippen molar-refractivity contribution in [1.29, 1.82) is 5.26 Å². The highest BCUT2D eigenvalue weighted by molar-refractivity contribution is 5.64. The molecule has 0 radical (unpaired) electrons. The maximum Gasteiger partial charge on any atom is 0.404 e. The summed E-state index contributed by atoms with van der Waals surface area (Å²) in [5.41, 5.74) is 6.21. The smallest absolute Gasteiger partial charge is 0.404 e. The van der Waals surface area contributed by atoms with Crippen molar-refractivity contribution in [1.82, 2.24) is 0 Å². The van der Waals surface area contributed by atoms with Crippen molar-refractivity contribution in [2.24, 2.45) is 5.73 Å². The molecular weight excluding hydrogens is 260 g/mol. The summed E-state index contributed by atoms with van der Waals surface area (Å²) in [7, 11) is 3.01. The molecular formula is C14H18N2O4. The van der Waals surface area contributed by atoms with Crippen molar-refractivity contribution >= 4 is 6.09 Å². The quantitative estimate of drug-likeness (QED) is 0.858. The molecule has 0 aliphatic rings. The first kappa shape index (κ1) is 15.6. The van der Waals surface area contributed by atoms with Gasteiger partial charge < -0.3 is 19.9 Å². The first-order chi connectivity index (χ1) is 9.55. The Bertz CT molecular complexity index is 523. The van der Waals surface area contributed by atoms with Gasteiger partial charge in [-0.05, 0) is 12.5 Å². The zero-order valence-corrected chi connectivity index (χ0v) is 11.8. The summed E-state index contributed by atoms with van der Waals surface area (Å²) >= 11 is 0. The van der Waals surface area contributed by atoms with Gasteiger partial charge in [0.15, 0.2) is 0 Å². The summed E-state index contributed by atoms with van der Waals surface area (Å²) in [5.74, 6) is 1.01. The lowest BCUT2D eigenvalue weighted by Crippen LogP contribution is -2.24. The standard InChI is InChI=1S/C14H18N2O4/c1-4-11(20-14(16)17)5-9-6-13(19-3)10(8-15)7-12(9)18-2/h6-7,11H,4-5H2,1-3H3,(H2,16,17). The van der Waals surface area contributed by atoms with Crippen LogP contribution in [0.5, 0.6) is 11.5 Å². The summed E-state index contributed by atoms with van der Waals surface area (Å²) in [6.07, 6.45) is -0.102. The number of rotatable bonds is 6. The molecule has 0 bridgehead atoms. The number of nitrogens with zero attached hydrogens (tertiary/aromatic N) is 1. The van der Waals surface area contributed by atoms with Crippen molar-refractivity contribution < 1.29 is 19.0 Å². The largest absolute Gasteiger partial charge is 0.496 e. The Morgan fingerprint density at radius 1 is 1.35 bits per heavy atom. The number of amides is 1. The Morgan fingerprint density at radius 3 is 2.45 bits per heavy atom. The molecule has 0 aliphatic heterocycles. The predicted octanol–water partition coefficient (Wildman–Crippen LogP) is 1.99. The fraction of sp³-hybridized carbons (Fsp3) is 0.429. The number of nitrogens with two attached hydrogens (primary N) is 1. The molecule has 6 heteroatoms. The molecule has 6 nitrogen and oxygen atoms in total. The van der Waals surface area contributed by atoms with E-state index in [-0.39, 0.29) is 6.10 Å². The van der Waals surface area contributed by atoms with E-state index in [2.05, 4.69) is 0 Å². The molecule has 0 heterocycles. The van der Waals surface area contributed by atoms with Crippen LogP contribution in [0, 0.1) is 11.3 Å². The molecule has 2 N–H and O–H groups in total. The van der Waals surface area contributed by atoms with Crippen LogP contribution in [-0.2, 0) is 11.2 Å². The van der Waals surface area contributed by atoms with Gasteiger partial charge in [-0.25, -0.2) is 4.79 Å². The van der Waals surface area contributed by atoms with Gasteiger partial charge in [-0.2, -0.15) is 5.26 Å². The SMILES string of the molecule is CCC(Cc1cc(OC)c(C#N)cc1OC)OC(N)=O. The highest BCUT2D eigenvalue weighted by Crippen LogP contribution is 2.30. The molecule has 1 aromatic rings. The molecule has 1 unspecified atom stereocenters. The molecule has 1 rings (SSSR count). The lowest BCUT2D eigenvalue weighted by Gasteiger charge is -2.17. The summed E-state index contributed by atoms with van der Waals surface area (Å²) in [6.45, 7) is 1.89. The minimum Gasteiger partial charge on any atom is -0.496 e. The number of primary amides is 1. The van der Waals surface area contributed by atoms with Gasteiger partial charge in [-0.15, -0.1) is 0 Å². The number of methoxy groups -OCH3 is 2. The van der Waals surface area contributed by atoms with E-state index in [4.69, 9.17) is 25.2 Å². The molecule has 1 amide bonds. The Hall–Kier alpha value is -2.42. The van der Waals surface area contributed by atoms with Crippen LogP contribution in [0.2, 0.25) is 0 Å². The molecule has 0 saturated carbocycles. The van der Waals surface area contributed by atoms with Gasteiger partial charge in [0.25, 0.3) is 0 Å². The zero-order chi connectivity index (χ0) is 15.1. The third kappa shape index (κ3) is 3.79. The third-order valence-corrected chi connectivity index (χ3v) is 2.91. The van der Waals surface area contributed by atoms with E-state index in [0.29, 0.717) is 29.9 Å². The average Bonchev–Trinajstić information content (AvgIpc) is 2.45. The molecule has 1 atom stereocenters. The number of hydrogen-bond donors (Lipinski definition) is 1. The maximum atomic E-state index is 10.8. The Labute approximate surface area is 118 Å². The number of carbonyl (C=O) groups excluding carboxylic acids is 1. The molecule has 0 fully saturated rings. The van der Waals surface area contributed by atoms with Crippen LogP contribution in [0.15, 0.2) is 12.1 Å². The second-order valence-electron chi connectivity index (χ2n) is 4.15. The second-order valence-corrected chi connectivity index (χ2v) is 4.15. The van der Waals surface area contributed by atoms with Crippen LogP contribution in [0.25, 0.3) is 0 Å². The minimum atomic E-state index is -0.809. The van der Waals surface area contributed by atoms with Gasteiger partial charge in [0.1, 0.15) is 23.7 Å². The highest BCUT2D eigenvalue weighted by atomic mass is 16.6. The van der Waals surface area contributed by atoms with E-state index in [1.165, 1.54) is 14.2 Å². The highest BCUT2D eigenvalue weighted by Gasteiger charge is 2.17. The van der Waals surface area contributed by atoms with Gasteiger partial charge in [-0.1, -0.05) is 6.92 Å². The number of benzene rings is 1. The molecule has 0 spiro atoms. The fourth-order valence-corrected chi connectivity index (χ4v) is 1.89. The van der Waals surface area contributed by atoms with Gasteiger partial charge >= 0.3 is 6.09 Å². The van der Waals surface area contributed by atoms with Gasteiger partial charge in [-0.3, -0.25) is 0 Å². The lowest BCUT2D eigenvalue weighted by molar-refractivity contribution is 0.104. The van der Waals surface area contributed by atoms with Crippen molar-refractivity contribution in [3.05, 3.63) is 23.3 Å². The number of ether oxygens (including phenoxy) is 3. The van der Waals surface area contributed by atoms with Crippen molar-refractivity contribution in [2.45, 2.75) is 25.9 Å². The molecule has 20 heavy (non-hydrogen) atoms. The van der Waals surface area contributed by atoms with Crippen LogP contribution in [-0.4, -0.2) is 26.4 Å². The van der Waals surface area contributed by atoms with E-state index in [9.17, 15) is 4.79 Å². The zero-order valence-electron chi connectivity index (χ0n) is 11.8. The van der Waals surface area contributed by atoms with Gasteiger partial charge in [0, 0.05) is 18.1 Å². The van der Waals surface area contributed by atoms with Crippen LogP contribution < -0.4 is 15.2 Å². The summed E-state index contributed by atoms with van der Waals surface area (Å²) in [6, 6.07) is 5.35. The van der Waals surface area contributed by atoms with Gasteiger partial charge in [0.2, 0.25) is 0 Å². The Kier molecular flexibility index (Phi) is 5.66. The third-order valence-electron chi connectivity index (χ3n) is 2.91. The lowest BCUT2D eigenvalue weighted by atomic mass is 10.0. The normalized spacial score (nSPS) is 11.3. The first-order valence-electron chi connectivity index (χ1n) is 6.16. The van der Waals surface area contributed by atoms with Crippen LogP contribution in [0.3, 0.4) is 0 Å². The Balaban J connectivity index is 3.09. The predicted molar refractivity (Wildman–Crippen MR) is 72.7 cm³/mol. The van der Waals surface area contributed by atoms with E-state index in [0.717, 1.165) is 5.56 Å². The summed E-state index contributed by atoms with van der Waals surface area (Å²) in [4.78, 5) is 10.8. The molecule has 0 aliphatic carbocycles. The van der Waals surface area contributed by atoms with Crippen molar-refractivity contribution in [3.63, 3.8) is 0 Å². The van der Waals surface area contributed by atoms with E-state index >= 15 is 0 Å². The number of nitriles is 1. The van der Waals surface area contributed by atoms with Crippen molar-refractivity contribution in [2.75, 3.05) is 14.2 Å². The second kappa shape index (κ2) is 7.24. The van der Waals surface area contributed by atoms with Crippen molar-refractivity contribution in [3.8, 4) is 17.6 Å². The number of hydrogen-bond acceptors (Lipinski definition) is 5. The van der Waals surface area contributed by atoms with Gasteiger partial charge in [0.05, 0.1) is 19.8 Å². The van der Waals surface area contributed by atoms with Crippen LogP contribution >= 0.6 is 0 Å². The van der Waals surface area contributed by atoms with E-state index < -0.39 is 6.09 Å². The van der Waals surface area contributed by atoms with Crippen LogP contribution in [0.1, 0.15) is 24.5 Å². The summed E-state index contributed by atoms with van der Waals surface area (Å²) in [5, 5.41) is 9.04. The van der Waals surface area contributed by atoms with Crippen LogP contribution in [0.4, 0.5) is 4.79 Å². The number of carbonyl (C=O) groups is 1.